The van der Waals surface area contributed by atoms with Crippen molar-refractivity contribution in [1.82, 2.24) is 9.88 Å². The highest BCUT2D eigenvalue weighted by molar-refractivity contribution is 9.10. The lowest BCUT2D eigenvalue weighted by atomic mass is 9.94. The van der Waals surface area contributed by atoms with Crippen molar-refractivity contribution in [3.05, 3.63) is 105 Å². The summed E-state index contributed by atoms with van der Waals surface area (Å²) in [6.45, 7) is 2.11. The highest BCUT2D eigenvalue weighted by Gasteiger charge is 2.46. The van der Waals surface area contributed by atoms with Crippen LogP contribution in [0.1, 0.15) is 28.3 Å². The maximum atomic E-state index is 13.4. The second-order valence-electron chi connectivity index (χ2n) is 8.53. The predicted molar refractivity (Wildman–Crippen MR) is 138 cm³/mol. The number of carbonyl (C=O) groups is 2. The van der Waals surface area contributed by atoms with E-state index in [0.29, 0.717) is 11.3 Å². The van der Waals surface area contributed by atoms with Crippen LogP contribution in [0.3, 0.4) is 0 Å². The van der Waals surface area contributed by atoms with Gasteiger partial charge in [-0.25, -0.2) is 0 Å². The fraction of sp³-hybridized carbons (Fsp3) is 0.143. The van der Waals surface area contributed by atoms with Crippen LogP contribution in [-0.2, 0) is 16.1 Å². The number of rotatable bonds is 5. The molecule has 1 aliphatic heterocycles. The van der Waals surface area contributed by atoms with Crippen molar-refractivity contribution in [1.29, 1.82) is 0 Å². The Bertz CT molecular complexity index is 1490. The van der Waals surface area contributed by atoms with Crippen molar-refractivity contribution in [2.75, 3.05) is 7.11 Å². The number of carbonyl (C=O) groups excluding carboxylic acids is 2. The first-order chi connectivity index (χ1) is 16.9. The Hall–Kier alpha value is -3.84. The molecule has 176 valence electrons. The molecule has 1 unspecified atom stereocenters. The van der Waals surface area contributed by atoms with E-state index in [1.165, 1.54) is 4.90 Å². The van der Waals surface area contributed by atoms with E-state index in [0.717, 1.165) is 32.1 Å². The first-order valence-electron chi connectivity index (χ1n) is 11.1. The van der Waals surface area contributed by atoms with Crippen LogP contribution in [0.2, 0.25) is 0 Å². The highest BCUT2D eigenvalue weighted by atomic mass is 79.9. The van der Waals surface area contributed by atoms with Gasteiger partial charge in [0.15, 0.2) is 0 Å². The first-order valence-corrected chi connectivity index (χ1v) is 11.9. The van der Waals surface area contributed by atoms with Gasteiger partial charge in [0.1, 0.15) is 11.5 Å². The van der Waals surface area contributed by atoms with E-state index in [1.807, 2.05) is 67.7 Å². The maximum Gasteiger partial charge on any atom is 0.295 e. The van der Waals surface area contributed by atoms with E-state index in [-0.39, 0.29) is 17.9 Å². The van der Waals surface area contributed by atoms with Gasteiger partial charge in [0.05, 0.1) is 18.7 Å². The third-order valence-electron chi connectivity index (χ3n) is 6.40. The number of hydrogen-bond acceptors (Lipinski definition) is 4. The fourth-order valence-corrected chi connectivity index (χ4v) is 4.81. The standard InChI is InChI=1S/C28H23BrN2O4/c1-16-13-18(9-12-22(16)29)26(32)24-25(21-14-30-23-6-4-3-5-20(21)23)31(28(34)27(24)33)15-17-7-10-19(35-2)11-8-17/h3-14,25,30,32H,15H2,1-2H3/b26-24+. The zero-order valence-corrected chi connectivity index (χ0v) is 20.8. The molecule has 0 bridgehead atoms. The molecule has 1 fully saturated rings. The Labute approximate surface area is 211 Å². The number of aliphatic hydroxyl groups excluding tert-OH is 1. The average Bonchev–Trinajstić information content (AvgIpc) is 3.40. The number of fused-ring (bicyclic) bond motifs is 1. The van der Waals surface area contributed by atoms with E-state index >= 15 is 0 Å². The lowest BCUT2D eigenvalue weighted by Gasteiger charge is -2.25. The van der Waals surface area contributed by atoms with Crippen LogP contribution in [0.4, 0.5) is 0 Å². The van der Waals surface area contributed by atoms with Crippen LogP contribution in [0, 0.1) is 6.92 Å². The average molecular weight is 531 g/mol. The molecule has 35 heavy (non-hydrogen) atoms. The second-order valence-corrected chi connectivity index (χ2v) is 9.38. The summed E-state index contributed by atoms with van der Waals surface area (Å²) in [5.74, 6) is -0.834. The Morgan fingerprint density at radius 3 is 2.54 bits per heavy atom. The van der Waals surface area contributed by atoms with E-state index in [4.69, 9.17) is 4.74 Å². The highest BCUT2D eigenvalue weighted by Crippen LogP contribution is 2.43. The minimum atomic E-state index is -0.753. The molecule has 2 heterocycles. The number of H-pyrrole nitrogens is 1. The van der Waals surface area contributed by atoms with E-state index in [2.05, 4.69) is 20.9 Å². The molecular formula is C28H23BrN2O4. The molecule has 0 aliphatic carbocycles. The number of aliphatic hydroxyl groups is 1. The molecule has 1 saturated heterocycles. The number of Topliss-reactive ketones (excluding diaryl/α,β-unsaturated/α-hetero) is 1. The van der Waals surface area contributed by atoms with Gasteiger partial charge in [-0.3, -0.25) is 9.59 Å². The summed E-state index contributed by atoms with van der Waals surface area (Å²) in [7, 11) is 1.59. The number of halogens is 1. The third kappa shape index (κ3) is 4.02. The normalized spacial score (nSPS) is 17.3. The monoisotopic (exact) mass is 530 g/mol. The Balaban J connectivity index is 1.68. The Kier molecular flexibility index (Phi) is 5.94. The van der Waals surface area contributed by atoms with Gasteiger partial charge < -0.3 is 19.7 Å². The number of ketones is 1. The van der Waals surface area contributed by atoms with Gasteiger partial charge in [0, 0.05) is 39.2 Å². The molecule has 1 atom stereocenters. The molecule has 1 aliphatic rings. The molecule has 4 aromatic rings. The summed E-state index contributed by atoms with van der Waals surface area (Å²) < 4.78 is 6.13. The van der Waals surface area contributed by atoms with Crippen molar-refractivity contribution in [3.63, 3.8) is 0 Å². The van der Waals surface area contributed by atoms with E-state index < -0.39 is 17.7 Å². The van der Waals surface area contributed by atoms with Gasteiger partial charge in [-0.05, 0) is 48.4 Å². The van der Waals surface area contributed by atoms with E-state index in [9.17, 15) is 14.7 Å². The molecule has 3 aromatic carbocycles. The van der Waals surface area contributed by atoms with Crippen LogP contribution >= 0.6 is 15.9 Å². The maximum absolute atomic E-state index is 13.4. The fourth-order valence-electron chi connectivity index (χ4n) is 4.56. The summed E-state index contributed by atoms with van der Waals surface area (Å²) in [5.41, 5.74) is 3.95. The topological polar surface area (TPSA) is 82.6 Å². The van der Waals surface area contributed by atoms with Crippen molar-refractivity contribution >= 4 is 44.3 Å². The number of para-hydroxylation sites is 1. The molecule has 5 rings (SSSR count). The van der Waals surface area contributed by atoms with Crippen molar-refractivity contribution in [3.8, 4) is 5.75 Å². The lowest BCUT2D eigenvalue weighted by molar-refractivity contribution is -0.140. The van der Waals surface area contributed by atoms with Crippen LogP contribution in [-0.4, -0.2) is 33.8 Å². The van der Waals surface area contributed by atoms with Gasteiger partial charge in [0.25, 0.3) is 11.7 Å². The number of nitrogens with zero attached hydrogens (tertiary/aromatic N) is 1. The number of ether oxygens (including phenoxy) is 1. The number of nitrogens with one attached hydrogen (secondary N) is 1. The van der Waals surface area contributed by atoms with Crippen LogP contribution in [0.15, 0.2) is 83.0 Å². The van der Waals surface area contributed by atoms with Crippen LogP contribution in [0.5, 0.6) is 5.75 Å². The largest absolute Gasteiger partial charge is 0.507 e. The van der Waals surface area contributed by atoms with Crippen molar-refractivity contribution < 1.29 is 19.4 Å². The van der Waals surface area contributed by atoms with Gasteiger partial charge in [-0.2, -0.15) is 0 Å². The third-order valence-corrected chi connectivity index (χ3v) is 7.29. The summed E-state index contributed by atoms with van der Waals surface area (Å²) >= 11 is 3.47. The summed E-state index contributed by atoms with van der Waals surface area (Å²) in [6.07, 6.45) is 1.81. The predicted octanol–water partition coefficient (Wildman–Crippen LogP) is 5.87. The summed E-state index contributed by atoms with van der Waals surface area (Å²) in [4.78, 5) is 31.5. The van der Waals surface area contributed by atoms with Crippen LogP contribution < -0.4 is 4.74 Å². The van der Waals surface area contributed by atoms with Gasteiger partial charge in [-0.15, -0.1) is 0 Å². The number of aromatic amines is 1. The zero-order valence-electron chi connectivity index (χ0n) is 19.2. The number of benzene rings is 3. The van der Waals surface area contributed by atoms with Crippen molar-refractivity contribution in [2.45, 2.75) is 19.5 Å². The van der Waals surface area contributed by atoms with Crippen LogP contribution in [0.25, 0.3) is 16.7 Å². The summed E-state index contributed by atoms with van der Waals surface area (Å²) in [6, 6.07) is 19.7. The molecule has 1 aromatic heterocycles. The molecule has 6 nitrogen and oxygen atoms in total. The van der Waals surface area contributed by atoms with Gasteiger partial charge >= 0.3 is 0 Å². The Morgan fingerprint density at radius 2 is 1.83 bits per heavy atom. The van der Waals surface area contributed by atoms with Gasteiger partial charge in [-0.1, -0.05) is 52.3 Å². The Morgan fingerprint density at radius 1 is 1.09 bits per heavy atom. The smallest absolute Gasteiger partial charge is 0.295 e. The minimum Gasteiger partial charge on any atom is -0.507 e. The first kappa shape index (κ1) is 22.9. The second kappa shape index (κ2) is 9.07. The van der Waals surface area contributed by atoms with Gasteiger partial charge in [0.2, 0.25) is 0 Å². The number of methoxy groups -OCH3 is 1. The summed E-state index contributed by atoms with van der Waals surface area (Å²) in [5, 5.41) is 12.2. The number of aryl methyl sites for hydroxylation is 1. The quantitative estimate of drug-likeness (QED) is 0.192. The number of likely N-dealkylation sites (tertiary alicyclic amines) is 1. The lowest BCUT2D eigenvalue weighted by Crippen LogP contribution is -2.29. The van der Waals surface area contributed by atoms with E-state index in [1.54, 1.807) is 19.2 Å². The number of aromatic nitrogens is 1. The molecule has 0 saturated carbocycles. The van der Waals surface area contributed by atoms with Crippen molar-refractivity contribution in [2.24, 2.45) is 0 Å². The molecule has 0 radical (unpaired) electrons. The molecule has 2 N–H and O–H groups in total. The molecular weight excluding hydrogens is 508 g/mol. The molecule has 0 spiro atoms. The number of hydrogen-bond donors (Lipinski definition) is 2. The molecule has 1 amide bonds. The molecule has 7 heteroatoms. The SMILES string of the molecule is COc1ccc(CN2C(=O)C(=O)/C(=C(/O)c3ccc(Br)c(C)c3)C2c2c[nH]c3ccccc23)cc1. The zero-order chi connectivity index (χ0) is 24.7. The minimum absolute atomic E-state index is 0.0787. The number of amides is 1.